The second-order valence-corrected chi connectivity index (χ2v) is 7.84. The van der Waals surface area contributed by atoms with Gasteiger partial charge in [0.2, 0.25) is 5.95 Å². The van der Waals surface area contributed by atoms with Crippen LogP contribution in [0.25, 0.3) is 0 Å². The minimum atomic E-state index is -1.57. The van der Waals surface area contributed by atoms with E-state index in [0.29, 0.717) is 31.0 Å². The van der Waals surface area contributed by atoms with Gasteiger partial charge in [-0.1, -0.05) is 0 Å². The molecule has 2 atom stereocenters. The first-order valence-corrected chi connectivity index (χ1v) is 10.6. The Morgan fingerprint density at radius 3 is 2.62 bits per heavy atom. The Kier molecular flexibility index (Phi) is 7.56. The molecule has 0 saturated heterocycles. The number of carbonyl (C=O) groups is 3. The van der Waals surface area contributed by atoms with Crippen LogP contribution in [0.4, 0.5) is 23.1 Å². The number of likely N-dealkylation sites (N-methyl/N-ethyl adjacent to an activating group) is 1. The third-order valence-electron chi connectivity index (χ3n) is 5.50. The first kappa shape index (κ1) is 24.4. The van der Waals surface area contributed by atoms with E-state index in [1.165, 1.54) is 12.1 Å². The molecule has 2 aromatic rings. The summed E-state index contributed by atoms with van der Waals surface area (Å²) in [6, 6.07) is 4.96. The highest BCUT2D eigenvalue weighted by Gasteiger charge is 2.26. The van der Waals surface area contributed by atoms with Crippen LogP contribution >= 0.6 is 0 Å². The van der Waals surface area contributed by atoms with E-state index in [1.54, 1.807) is 12.1 Å². The fraction of sp³-hybridized carbons (Fsp3) is 0.381. The highest BCUT2D eigenvalue weighted by Crippen LogP contribution is 2.26. The lowest BCUT2D eigenvalue weighted by Gasteiger charge is -2.35. The number of carbonyl (C=O) groups excluding carboxylic acids is 3. The summed E-state index contributed by atoms with van der Waals surface area (Å²) < 4.78 is 0. The molecule has 0 radical (unpaired) electrons. The molecule has 13 heteroatoms. The van der Waals surface area contributed by atoms with Crippen LogP contribution in [0.2, 0.25) is 0 Å². The van der Waals surface area contributed by atoms with Gasteiger partial charge in [0.25, 0.3) is 11.5 Å². The van der Waals surface area contributed by atoms with Gasteiger partial charge in [-0.2, -0.15) is 4.98 Å². The number of nitrogens with two attached hydrogens (primary N) is 1. The summed E-state index contributed by atoms with van der Waals surface area (Å²) in [5.41, 5.74) is 6.65. The van der Waals surface area contributed by atoms with Gasteiger partial charge in [-0.05, 0) is 43.5 Å². The fourth-order valence-electron chi connectivity index (χ4n) is 3.64. The molecular formula is C21H25N7O6-2. The lowest BCUT2D eigenvalue weighted by Crippen LogP contribution is -2.48. The number of aliphatic carboxylic acids is 2. The standard InChI is InChI=1S/C21H27N7O6/c1-28-13(10-24-17-16(28)19(32)27-21(22)26-17)8-9-23-12-4-2-11(3-5-12)18(31)25-14(20(33)34)6-7-15(29)30/h2-5,13-14,23H,6-10H2,1H3,(H,25,31)(H,29,30)(H,33,34)(H4,22,24,26,27,32)/p-2. The Morgan fingerprint density at radius 2 is 1.97 bits per heavy atom. The highest BCUT2D eigenvalue weighted by molar-refractivity contribution is 5.96. The van der Waals surface area contributed by atoms with Gasteiger partial charge in [-0.3, -0.25) is 14.6 Å². The molecule has 13 nitrogen and oxygen atoms in total. The average Bonchev–Trinajstić information content (AvgIpc) is 2.77. The molecule has 2 unspecified atom stereocenters. The van der Waals surface area contributed by atoms with E-state index in [9.17, 15) is 29.4 Å². The van der Waals surface area contributed by atoms with Crippen molar-refractivity contribution in [1.29, 1.82) is 0 Å². The minimum absolute atomic E-state index is 0.0270. The van der Waals surface area contributed by atoms with Crippen LogP contribution in [0.5, 0.6) is 0 Å². The van der Waals surface area contributed by atoms with Crippen LogP contribution in [0.15, 0.2) is 29.1 Å². The SMILES string of the molecule is CN1c2c(nc(N)[nH]c2=O)NCC1CCNc1ccc(C(=O)NC(CCC(=O)[O-])C(=O)[O-])cc1. The number of amides is 1. The molecule has 0 aliphatic carbocycles. The van der Waals surface area contributed by atoms with Crippen LogP contribution < -0.4 is 42.4 Å². The predicted octanol–water partition coefficient (Wildman–Crippen LogP) is -2.54. The Hall–Kier alpha value is -4.29. The van der Waals surface area contributed by atoms with E-state index in [4.69, 9.17) is 5.73 Å². The first-order chi connectivity index (χ1) is 16.2. The van der Waals surface area contributed by atoms with Crippen LogP contribution in [0, 0.1) is 0 Å². The Bertz CT molecular complexity index is 1120. The summed E-state index contributed by atoms with van der Waals surface area (Å²) in [6.07, 6.45) is -0.154. The number of carboxylic acids is 2. The molecule has 6 N–H and O–H groups in total. The first-order valence-electron chi connectivity index (χ1n) is 10.6. The summed E-state index contributed by atoms with van der Waals surface area (Å²) in [4.78, 5) is 54.6. The van der Waals surface area contributed by atoms with Crippen molar-refractivity contribution in [3.05, 3.63) is 40.2 Å². The van der Waals surface area contributed by atoms with E-state index in [1.807, 2.05) is 11.9 Å². The monoisotopic (exact) mass is 471 g/mol. The van der Waals surface area contributed by atoms with Gasteiger partial charge in [0.15, 0.2) is 5.82 Å². The number of aromatic amines is 1. The summed E-state index contributed by atoms with van der Waals surface area (Å²) in [5.74, 6) is -3.15. The number of rotatable bonds is 10. The molecule has 34 heavy (non-hydrogen) atoms. The van der Waals surface area contributed by atoms with Gasteiger partial charge in [0.1, 0.15) is 5.69 Å². The van der Waals surface area contributed by atoms with Crippen molar-refractivity contribution in [2.45, 2.75) is 31.3 Å². The van der Waals surface area contributed by atoms with E-state index in [0.717, 1.165) is 5.69 Å². The van der Waals surface area contributed by atoms with E-state index in [2.05, 4.69) is 25.9 Å². The molecule has 1 amide bonds. The molecule has 0 bridgehead atoms. The summed E-state index contributed by atoms with van der Waals surface area (Å²) >= 11 is 0. The van der Waals surface area contributed by atoms with Crippen molar-refractivity contribution in [1.82, 2.24) is 15.3 Å². The van der Waals surface area contributed by atoms with Gasteiger partial charge in [0.05, 0.1) is 12.0 Å². The number of aromatic nitrogens is 2. The molecule has 1 aliphatic rings. The van der Waals surface area contributed by atoms with Crippen molar-refractivity contribution >= 4 is 41.0 Å². The zero-order valence-corrected chi connectivity index (χ0v) is 18.4. The molecule has 3 rings (SSSR count). The van der Waals surface area contributed by atoms with Crippen LogP contribution in [0.3, 0.4) is 0 Å². The lowest BCUT2D eigenvalue weighted by molar-refractivity contribution is -0.309. The number of anilines is 4. The lowest BCUT2D eigenvalue weighted by atomic mass is 10.1. The van der Waals surface area contributed by atoms with Crippen molar-refractivity contribution in [3.8, 4) is 0 Å². The van der Waals surface area contributed by atoms with Gasteiger partial charge in [-0.15, -0.1) is 0 Å². The maximum atomic E-state index is 12.3. The Balaban J connectivity index is 1.52. The molecule has 0 saturated carbocycles. The Morgan fingerprint density at radius 1 is 1.26 bits per heavy atom. The normalized spacial score (nSPS) is 15.6. The second-order valence-electron chi connectivity index (χ2n) is 7.84. The molecular weight excluding hydrogens is 446 g/mol. The summed E-state index contributed by atoms with van der Waals surface area (Å²) in [7, 11) is 1.82. The maximum Gasteiger partial charge on any atom is 0.278 e. The van der Waals surface area contributed by atoms with E-state index < -0.39 is 30.3 Å². The largest absolute Gasteiger partial charge is 0.550 e. The quantitative estimate of drug-likeness (QED) is 0.244. The topological polar surface area (TPSA) is 208 Å². The number of nitrogens with one attached hydrogen (secondary N) is 4. The van der Waals surface area contributed by atoms with Crippen molar-refractivity contribution in [2.75, 3.05) is 41.4 Å². The van der Waals surface area contributed by atoms with E-state index >= 15 is 0 Å². The molecule has 2 heterocycles. The number of carboxylic acid groups (broad SMARTS) is 2. The van der Waals surface area contributed by atoms with Crippen LogP contribution in [-0.4, -0.2) is 60.0 Å². The van der Waals surface area contributed by atoms with Crippen molar-refractivity contribution in [3.63, 3.8) is 0 Å². The molecule has 0 spiro atoms. The highest BCUT2D eigenvalue weighted by atomic mass is 16.4. The number of nitrogens with zero attached hydrogens (tertiary/aromatic N) is 2. The van der Waals surface area contributed by atoms with Crippen molar-refractivity contribution in [2.24, 2.45) is 0 Å². The zero-order valence-electron chi connectivity index (χ0n) is 18.4. The van der Waals surface area contributed by atoms with Gasteiger partial charge >= 0.3 is 0 Å². The molecule has 1 aromatic heterocycles. The molecule has 1 aliphatic heterocycles. The average molecular weight is 471 g/mol. The van der Waals surface area contributed by atoms with Gasteiger partial charge in [0, 0.05) is 43.4 Å². The minimum Gasteiger partial charge on any atom is -0.550 e. The van der Waals surface area contributed by atoms with Crippen molar-refractivity contribution < 1.29 is 24.6 Å². The number of nitrogen functional groups attached to an aromatic ring is 1. The predicted molar refractivity (Wildman–Crippen MR) is 120 cm³/mol. The fourth-order valence-corrected chi connectivity index (χ4v) is 3.64. The van der Waals surface area contributed by atoms with Crippen LogP contribution in [-0.2, 0) is 9.59 Å². The number of fused-ring (bicyclic) bond motifs is 1. The number of hydrogen-bond acceptors (Lipinski definition) is 11. The molecule has 1 aromatic carbocycles. The van der Waals surface area contributed by atoms with Gasteiger partial charge < -0.3 is 46.4 Å². The smallest absolute Gasteiger partial charge is 0.278 e. The molecule has 182 valence electrons. The number of benzene rings is 1. The Labute approximate surface area is 194 Å². The summed E-state index contributed by atoms with van der Waals surface area (Å²) in [5, 5.41) is 30.3. The van der Waals surface area contributed by atoms with Gasteiger partial charge in [-0.25, -0.2) is 0 Å². The second kappa shape index (κ2) is 10.6. The third-order valence-corrected chi connectivity index (χ3v) is 5.50. The van der Waals surface area contributed by atoms with E-state index in [-0.39, 0.29) is 29.5 Å². The number of hydrogen-bond donors (Lipinski definition) is 5. The van der Waals surface area contributed by atoms with Crippen LogP contribution in [0.1, 0.15) is 29.6 Å². The third kappa shape index (κ3) is 5.94. The maximum absolute atomic E-state index is 12.3. The number of H-pyrrole nitrogens is 1. The summed E-state index contributed by atoms with van der Waals surface area (Å²) in [6.45, 7) is 1.16. The zero-order chi connectivity index (χ0) is 24.8. The molecule has 0 fully saturated rings.